The Bertz CT molecular complexity index is 1980. The number of anilines is 3. The first-order valence-electron chi connectivity index (χ1n) is 18.5. The highest BCUT2D eigenvalue weighted by atomic mass is 16.7. The third-order valence-corrected chi connectivity index (χ3v) is 10.0. The van der Waals surface area contributed by atoms with Gasteiger partial charge in [-0.05, 0) is 84.6 Å². The maximum atomic E-state index is 12.9. The Hall–Kier alpha value is -5.06. The fraction of sp³-hybridized carbons (Fsp3) is 0.318. The summed E-state index contributed by atoms with van der Waals surface area (Å²) in [7, 11) is 2.13. The Labute approximate surface area is 312 Å². The molecule has 0 saturated carbocycles. The molecule has 9 heteroatoms. The van der Waals surface area contributed by atoms with Crippen molar-refractivity contribution in [2.24, 2.45) is 0 Å². The summed E-state index contributed by atoms with van der Waals surface area (Å²) in [6.07, 6.45) is 2.50. The number of carbonyl (C=O) groups is 2. The van der Waals surface area contributed by atoms with Crippen LogP contribution in [0.3, 0.4) is 0 Å². The molecule has 1 heterocycles. The van der Waals surface area contributed by atoms with Gasteiger partial charge in [-0.1, -0.05) is 91.3 Å². The van der Waals surface area contributed by atoms with Gasteiger partial charge in [0.1, 0.15) is 0 Å². The molecule has 1 aliphatic rings. The summed E-state index contributed by atoms with van der Waals surface area (Å²) in [6.45, 7) is 2.90. The van der Waals surface area contributed by atoms with Crippen molar-refractivity contribution in [1.29, 1.82) is 0 Å². The van der Waals surface area contributed by atoms with E-state index in [1.165, 1.54) is 16.3 Å². The Morgan fingerprint density at radius 2 is 1.51 bits per heavy atom. The Morgan fingerprint density at radius 1 is 0.792 bits per heavy atom. The molecule has 1 aliphatic heterocycles. The average molecular weight is 715 g/mol. The number of benzene rings is 5. The number of aliphatic hydroxyl groups excluding tert-OH is 1. The lowest BCUT2D eigenvalue weighted by Gasteiger charge is -2.39. The zero-order chi connectivity index (χ0) is 37.2. The number of nitrogens with zero attached hydrogens (tertiary/aromatic N) is 1. The van der Waals surface area contributed by atoms with Crippen LogP contribution in [0.4, 0.5) is 17.1 Å². The number of hydrogen-bond donors (Lipinski definition) is 4. The van der Waals surface area contributed by atoms with E-state index in [0.717, 1.165) is 23.1 Å². The smallest absolute Gasteiger partial charge is 0.224 e. The van der Waals surface area contributed by atoms with Crippen LogP contribution in [0, 0.1) is 0 Å². The van der Waals surface area contributed by atoms with Crippen molar-refractivity contribution in [1.82, 2.24) is 4.90 Å². The number of aliphatic hydroxyl groups is 1. The molecule has 53 heavy (non-hydrogen) atoms. The second-order valence-electron chi connectivity index (χ2n) is 13.9. The van der Waals surface area contributed by atoms with Gasteiger partial charge in [-0.3, -0.25) is 14.5 Å². The molecule has 0 radical (unpaired) electrons. The first kappa shape index (κ1) is 37.7. The molecule has 9 nitrogen and oxygen atoms in total. The van der Waals surface area contributed by atoms with E-state index < -0.39 is 6.29 Å². The first-order chi connectivity index (χ1) is 25.7. The van der Waals surface area contributed by atoms with Crippen LogP contribution in [0.5, 0.6) is 0 Å². The van der Waals surface area contributed by atoms with Crippen LogP contribution >= 0.6 is 0 Å². The van der Waals surface area contributed by atoms with Gasteiger partial charge in [-0.15, -0.1) is 0 Å². The predicted octanol–water partition coefficient (Wildman–Crippen LogP) is 8.68. The standard InChI is InChI=1S/C44H50N4O5/c1-30(34-24-23-32-11-6-7-12-35(32)25-34)48(2)28-38-27-41(33-21-19-31(29-49)20-22-33)53-44(52-38)36-13-10-14-37(26-36)46-42(50)17-4-3-5-18-43(51)47-40-16-9-8-15-39(40)45/h6-16,19-26,30,38,41,44,49H,3-5,17-18,27-29,45H2,1-2H3,(H,46,50)(H,47,51)/t30-,38-,41+,44+/m1/s1. The van der Waals surface area contributed by atoms with Crippen molar-refractivity contribution < 1.29 is 24.2 Å². The molecular formula is C44H50N4O5. The summed E-state index contributed by atoms with van der Waals surface area (Å²) >= 11 is 0. The highest BCUT2D eigenvalue weighted by molar-refractivity contribution is 5.93. The summed E-state index contributed by atoms with van der Waals surface area (Å²) in [5, 5.41) is 17.9. The molecule has 5 aromatic carbocycles. The molecule has 0 bridgehead atoms. The molecule has 0 spiro atoms. The minimum Gasteiger partial charge on any atom is -0.397 e. The molecule has 0 aromatic heterocycles. The van der Waals surface area contributed by atoms with Gasteiger partial charge in [-0.25, -0.2) is 0 Å². The van der Waals surface area contributed by atoms with E-state index in [1.54, 1.807) is 12.1 Å². The van der Waals surface area contributed by atoms with E-state index >= 15 is 0 Å². The summed E-state index contributed by atoms with van der Waals surface area (Å²) in [5.41, 5.74) is 11.7. The maximum absolute atomic E-state index is 12.9. The molecule has 5 aromatic rings. The number of nitrogen functional groups attached to an aromatic ring is 1. The molecule has 5 N–H and O–H groups in total. The second kappa shape index (κ2) is 18.1. The predicted molar refractivity (Wildman–Crippen MR) is 211 cm³/mol. The third-order valence-electron chi connectivity index (χ3n) is 10.0. The van der Waals surface area contributed by atoms with Crippen LogP contribution in [0.2, 0.25) is 0 Å². The Morgan fingerprint density at radius 3 is 2.26 bits per heavy atom. The largest absolute Gasteiger partial charge is 0.397 e. The van der Waals surface area contributed by atoms with Crippen molar-refractivity contribution in [3.05, 3.63) is 138 Å². The maximum Gasteiger partial charge on any atom is 0.224 e. The lowest BCUT2D eigenvalue weighted by molar-refractivity contribution is -0.253. The van der Waals surface area contributed by atoms with Gasteiger partial charge in [0, 0.05) is 43.1 Å². The van der Waals surface area contributed by atoms with E-state index in [4.69, 9.17) is 15.2 Å². The summed E-state index contributed by atoms with van der Waals surface area (Å²) < 4.78 is 13.3. The number of nitrogens with one attached hydrogen (secondary N) is 2. The number of likely N-dealkylation sites (N-methyl/N-ethyl adjacent to an activating group) is 1. The number of para-hydroxylation sites is 2. The summed E-state index contributed by atoms with van der Waals surface area (Å²) in [4.78, 5) is 27.5. The van der Waals surface area contributed by atoms with Crippen molar-refractivity contribution in [2.45, 2.75) is 76.6 Å². The zero-order valence-electron chi connectivity index (χ0n) is 30.5. The monoisotopic (exact) mass is 714 g/mol. The molecule has 1 saturated heterocycles. The molecule has 6 rings (SSSR count). The highest BCUT2D eigenvalue weighted by Gasteiger charge is 2.33. The topological polar surface area (TPSA) is 126 Å². The first-order valence-corrected chi connectivity index (χ1v) is 18.5. The van der Waals surface area contributed by atoms with E-state index in [0.29, 0.717) is 55.7 Å². The number of ether oxygens (including phenoxy) is 2. The van der Waals surface area contributed by atoms with Gasteiger partial charge in [0.25, 0.3) is 0 Å². The highest BCUT2D eigenvalue weighted by Crippen LogP contribution is 2.39. The van der Waals surface area contributed by atoms with Crippen LogP contribution in [-0.2, 0) is 25.7 Å². The molecule has 2 amide bonds. The molecule has 0 unspecified atom stereocenters. The summed E-state index contributed by atoms with van der Waals surface area (Å²) in [5.74, 6) is -0.174. The zero-order valence-corrected chi connectivity index (χ0v) is 30.5. The van der Waals surface area contributed by atoms with E-state index in [-0.39, 0.29) is 36.7 Å². The number of rotatable bonds is 15. The van der Waals surface area contributed by atoms with Gasteiger partial charge in [0.15, 0.2) is 6.29 Å². The van der Waals surface area contributed by atoms with E-state index in [2.05, 4.69) is 72.0 Å². The average Bonchev–Trinajstić information content (AvgIpc) is 3.18. The molecule has 4 atom stereocenters. The lowest BCUT2D eigenvalue weighted by atomic mass is 9.98. The molecule has 276 valence electrons. The normalized spacial score (nSPS) is 17.8. The lowest BCUT2D eigenvalue weighted by Crippen LogP contribution is -2.38. The van der Waals surface area contributed by atoms with Gasteiger partial charge >= 0.3 is 0 Å². The van der Waals surface area contributed by atoms with Gasteiger partial charge in [0.05, 0.1) is 30.2 Å². The van der Waals surface area contributed by atoms with Gasteiger partial charge in [-0.2, -0.15) is 0 Å². The number of nitrogens with two attached hydrogens (primary N) is 1. The number of fused-ring (bicyclic) bond motifs is 1. The van der Waals surface area contributed by atoms with Crippen LogP contribution in [0.15, 0.2) is 115 Å². The Balaban J connectivity index is 1.06. The minimum absolute atomic E-state index is 0.0159. The van der Waals surface area contributed by atoms with E-state index in [9.17, 15) is 14.7 Å². The molecule has 1 fully saturated rings. The van der Waals surface area contributed by atoms with Crippen LogP contribution in [0.25, 0.3) is 10.8 Å². The fourth-order valence-electron chi connectivity index (χ4n) is 6.79. The minimum atomic E-state index is -0.644. The van der Waals surface area contributed by atoms with Crippen LogP contribution in [0.1, 0.15) is 86.1 Å². The van der Waals surface area contributed by atoms with Crippen molar-refractivity contribution >= 4 is 39.6 Å². The van der Waals surface area contributed by atoms with Gasteiger partial charge in [0.2, 0.25) is 11.8 Å². The number of carbonyl (C=O) groups excluding carboxylic acids is 2. The van der Waals surface area contributed by atoms with Crippen molar-refractivity contribution in [3.63, 3.8) is 0 Å². The number of amides is 2. The number of unbranched alkanes of at least 4 members (excludes halogenated alkanes) is 2. The SMILES string of the molecule is C[C@H](c1ccc2ccccc2c1)N(C)C[C@H]1C[C@@H](c2ccc(CO)cc2)O[C@@H](c2cccc(NC(=O)CCCCCC(=O)Nc3ccccc3N)c2)O1. The van der Waals surface area contributed by atoms with Crippen molar-refractivity contribution in [2.75, 3.05) is 30.0 Å². The third kappa shape index (κ3) is 10.3. The molecule has 0 aliphatic carbocycles. The van der Waals surface area contributed by atoms with Crippen LogP contribution < -0.4 is 16.4 Å². The Kier molecular flexibility index (Phi) is 12.9. The second-order valence-corrected chi connectivity index (χ2v) is 13.9. The van der Waals surface area contributed by atoms with Crippen LogP contribution in [-0.4, -0.2) is 41.5 Å². The van der Waals surface area contributed by atoms with Gasteiger partial charge < -0.3 is 30.9 Å². The fourth-order valence-corrected chi connectivity index (χ4v) is 6.79. The quantitative estimate of drug-likeness (QED) is 0.0632. The summed E-state index contributed by atoms with van der Waals surface area (Å²) in [6, 6.07) is 37.9. The molecular weight excluding hydrogens is 665 g/mol. The number of hydrogen-bond acceptors (Lipinski definition) is 7. The van der Waals surface area contributed by atoms with Crippen molar-refractivity contribution in [3.8, 4) is 0 Å². The van der Waals surface area contributed by atoms with E-state index in [1.807, 2.05) is 60.7 Å².